The van der Waals surface area contributed by atoms with Gasteiger partial charge in [-0.25, -0.2) is 4.98 Å². The molecule has 0 unspecified atom stereocenters. The maximum atomic E-state index is 12.9. The fourth-order valence-corrected chi connectivity index (χ4v) is 5.11. The number of hydrogen-bond acceptors (Lipinski definition) is 6. The van der Waals surface area contributed by atoms with Crippen LogP contribution in [0.4, 0.5) is 0 Å². The molecule has 3 heterocycles. The summed E-state index contributed by atoms with van der Waals surface area (Å²) in [7, 11) is 0. The molecule has 0 saturated carbocycles. The van der Waals surface area contributed by atoms with Gasteiger partial charge in [-0.05, 0) is 37.1 Å². The van der Waals surface area contributed by atoms with E-state index in [4.69, 9.17) is 9.47 Å². The first-order chi connectivity index (χ1) is 15.7. The van der Waals surface area contributed by atoms with E-state index in [1.54, 1.807) is 22.3 Å². The van der Waals surface area contributed by atoms with Crippen LogP contribution in [0.15, 0.2) is 48.5 Å². The Bertz CT molecular complexity index is 1090. The van der Waals surface area contributed by atoms with Crippen LogP contribution in [0.2, 0.25) is 0 Å². The highest BCUT2D eigenvalue weighted by atomic mass is 32.1. The number of nitrogens with zero attached hydrogens (tertiary/aromatic N) is 3. The summed E-state index contributed by atoms with van der Waals surface area (Å²) in [4.78, 5) is 33.8. The number of para-hydroxylation sites is 3. The summed E-state index contributed by atoms with van der Waals surface area (Å²) < 4.78 is 12.7. The molecule has 8 heteroatoms. The maximum Gasteiger partial charge on any atom is 0.267 e. The Morgan fingerprint density at radius 2 is 1.69 bits per heavy atom. The second-order valence-corrected chi connectivity index (χ2v) is 9.11. The molecule has 2 aliphatic heterocycles. The third kappa shape index (κ3) is 4.41. The minimum atomic E-state index is -0.638. The zero-order valence-electron chi connectivity index (χ0n) is 17.7. The SMILES string of the molecule is O=C(CCCc1nc2ccccc2s1)N1CCN(C(=O)[C@H]2COc3ccccc3O2)CC1. The van der Waals surface area contributed by atoms with Crippen molar-refractivity contribution in [2.24, 2.45) is 0 Å². The number of piperazine rings is 1. The molecule has 0 bridgehead atoms. The van der Waals surface area contributed by atoms with Crippen LogP contribution in [0.25, 0.3) is 10.2 Å². The fraction of sp³-hybridized carbons (Fsp3) is 0.375. The Kier molecular flexibility index (Phi) is 5.94. The molecule has 2 aromatic carbocycles. The highest BCUT2D eigenvalue weighted by Crippen LogP contribution is 2.31. The number of aromatic nitrogens is 1. The molecule has 166 valence electrons. The van der Waals surface area contributed by atoms with Gasteiger partial charge in [-0.1, -0.05) is 24.3 Å². The van der Waals surface area contributed by atoms with E-state index in [1.807, 2.05) is 41.3 Å². The first-order valence-corrected chi connectivity index (χ1v) is 11.8. The van der Waals surface area contributed by atoms with Crippen molar-refractivity contribution in [1.82, 2.24) is 14.8 Å². The number of ether oxygens (including phenoxy) is 2. The van der Waals surface area contributed by atoms with E-state index in [9.17, 15) is 9.59 Å². The van der Waals surface area contributed by atoms with Crippen LogP contribution < -0.4 is 9.47 Å². The van der Waals surface area contributed by atoms with Gasteiger partial charge in [0, 0.05) is 32.6 Å². The van der Waals surface area contributed by atoms with Gasteiger partial charge in [-0.3, -0.25) is 9.59 Å². The standard InChI is InChI=1S/C24H25N3O4S/c28-23(11-5-10-22-25-17-6-1-4-9-21(17)32-22)26-12-14-27(15-13-26)24(29)20-16-30-18-7-2-3-8-19(18)31-20/h1-4,6-9,20H,5,10-16H2/t20-/m1/s1. The lowest BCUT2D eigenvalue weighted by molar-refractivity contribution is -0.146. The zero-order chi connectivity index (χ0) is 21.9. The van der Waals surface area contributed by atoms with Gasteiger partial charge in [0.2, 0.25) is 12.0 Å². The van der Waals surface area contributed by atoms with E-state index >= 15 is 0 Å². The normalized spacial score (nSPS) is 18.1. The van der Waals surface area contributed by atoms with Crippen molar-refractivity contribution in [1.29, 1.82) is 0 Å². The van der Waals surface area contributed by atoms with Crippen molar-refractivity contribution in [3.63, 3.8) is 0 Å². The number of benzene rings is 2. The van der Waals surface area contributed by atoms with Gasteiger partial charge in [0.1, 0.15) is 6.61 Å². The van der Waals surface area contributed by atoms with Crippen LogP contribution in [-0.2, 0) is 16.0 Å². The summed E-state index contributed by atoms with van der Waals surface area (Å²) in [5.41, 5.74) is 1.02. The monoisotopic (exact) mass is 451 g/mol. The number of hydrogen-bond donors (Lipinski definition) is 0. The second-order valence-electron chi connectivity index (χ2n) is 8.00. The van der Waals surface area contributed by atoms with E-state index in [1.165, 1.54) is 4.70 Å². The van der Waals surface area contributed by atoms with Crippen LogP contribution in [0, 0.1) is 0 Å². The van der Waals surface area contributed by atoms with Crippen molar-refractivity contribution >= 4 is 33.4 Å². The molecule has 5 rings (SSSR count). The lowest BCUT2D eigenvalue weighted by Crippen LogP contribution is -2.55. The summed E-state index contributed by atoms with van der Waals surface area (Å²) in [6.45, 7) is 2.35. The van der Waals surface area contributed by atoms with Gasteiger partial charge in [0.15, 0.2) is 11.5 Å². The van der Waals surface area contributed by atoms with Crippen LogP contribution in [0.5, 0.6) is 11.5 Å². The third-order valence-electron chi connectivity index (χ3n) is 5.85. The van der Waals surface area contributed by atoms with Gasteiger partial charge in [0.25, 0.3) is 5.91 Å². The van der Waals surface area contributed by atoms with Crippen LogP contribution in [-0.4, -0.2) is 65.5 Å². The van der Waals surface area contributed by atoms with Gasteiger partial charge in [-0.15, -0.1) is 11.3 Å². The van der Waals surface area contributed by atoms with Gasteiger partial charge < -0.3 is 19.3 Å². The number of rotatable bonds is 5. The summed E-state index contributed by atoms with van der Waals surface area (Å²) >= 11 is 1.70. The quantitative estimate of drug-likeness (QED) is 0.596. The molecule has 0 aliphatic carbocycles. The second kappa shape index (κ2) is 9.16. The number of carbonyl (C=O) groups excluding carboxylic acids is 2. The smallest absolute Gasteiger partial charge is 0.267 e. The van der Waals surface area contributed by atoms with Crippen LogP contribution in [0.3, 0.4) is 0 Å². The molecule has 0 N–H and O–H groups in total. The molecule has 2 aliphatic rings. The number of carbonyl (C=O) groups is 2. The zero-order valence-corrected chi connectivity index (χ0v) is 18.6. The topological polar surface area (TPSA) is 72.0 Å². The van der Waals surface area contributed by atoms with E-state index in [-0.39, 0.29) is 18.4 Å². The Morgan fingerprint density at radius 1 is 0.969 bits per heavy atom. The third-order valence-corrected chi connectivity index (χ3v) is 6.94. The van der Waals surface area contributed by atoms with Crippen molar-refractivity contribution in [2.45, 2.75) is 25.4 Å². The molecule has 1 atom stereocenters. The Hall–Kier alpha value is -3.13. The number of thiazole rings is 1. The predicted octanol–water partition coefficient (Wildman–Crippen LogP) is 3.13. The highest BCUT2D eigenvalue weighted by Gasteiger charge is 2.33. The minimum absolute atomic E-state index is 0.0811. The molecule has 0 radical (unpaired) electrons. The first kappa shape index (κ1) is 20.8. The van der Waals surface area contributed by atoms with Gasteiger partial charge in [0.05, 0.1) is 15.2 Å². The highest BCUT2D eigenvalue weighted by molar-refractivity contribution is 7.18. The molecule has 1 aromatic heterocycles. The molecule has 1 fully saturated rings. The summed E-state index contributed by atoms with van der Waals surface area (Å²) in [6, 6.07) is 15.5. The largest absolute Gasteiger partial charge is 0.485 e. The van der Waals surface area contributed by atoms with Crippen LogP contribution in [0.1, 0.15) is 17.8 Å². The predicted molar refractivity (Wildman–Crippen MR) is 122 cm³/mol. The van der Waals surface area contributed by atoms with E-state index in [0.29, 0.717) is 44.1 Å². The number of amides is 2. The first-order valence-electron chi connectivity index (χ1n) is 11.0. The number of fused-ring (bicyclic) bond motifs is 2. The summed E-state index contributed by atoms with van der Waals surface area (Å²) in [6.07, 6.45) is 1.45. The molecular weight excluding hydrogens is 426 g/mol. The lowest BCUT2D eigenvalue weighted by atomic mass is 10.2. The molecule has 3 aromatic rings. The van der Waals surface area contributed by atoms with Crippen molar-refractivity contribution in [3.05, 3.63) is 53.5 Å². The molecule has 1 saturated heterocycles. The van der Waals surface area contributed by atoms with Crippen molar-refractivity contribution in [3.8, 4) is 11.5 Å². The van der Waals surface area contributed by atoms with E-state index in [2.05, 4.69) is 11.1 Å². The van der Waals surface area contributed by atoms with Gasteiger partial charge in [-0.2, -0.15) is 0 Å². The molecule has 2 amide bonds. The average molecular weight is 452 g/mol. The Morgan fingerprint density at radius 3 is 2.50 bits per heavy atom. The fourth-order valence-electron chi connectivity index (χ4n) is 4.10. The summed E-state index contributed by atoms with van der Waals surface area (Å²) in [5.74, 6) is 1.32. The van der Waals surface area contributed by atoms with E-state index in [0.717, 1.165) is 23.4 Å². The molecule has 7 nitrogen and oxygen atoms in total. The van der Waals surface area contributed by atoms with Crippen LogP contribution >= 0.6 is 11.3 Å². The molecular formula is C24H25N3O4S. The molecule has 32 heavy (non-hydrogen) atoms. The average Bonchev–Trinajstić information content (AvgIpc) is 3.26. The van der Waals surface area contributed by atoms with Gasteiger partial charge >= 0.3 is 0 Å². The Labute approximate surface area is 190 Å². The van der Waals surface area contributed by atoms with Crippen molar-refractivity contribution in [2.75, 3.05) is 32.8 Å². The summed E-state index contributed by atoms with van der Waals surface area (Å²) in [5, 5.41) is 1.07. The lowest BCUT2D eigenvalue weighted by Gasteiger charge is -2.37. The number of aryl methyl sites for hydroxylation is 1. The maximum absolute atomic E-state index is 12.9. The Balaban J connectivity index is 1.07. The minimum Gasteiger partial charge on any atom is -0.485 e. The van der Waals surface area contributed by atoms with Crippen molar-refractivity contribution < 1.29 is 19.1 Å². The molecule has 0 spiro atoms. The van der Waals surface area contributed by atoms with E-state index < -0.39 is 6.10 Å².